The zero-order chi connectivity index (χ0) is 10.8. The number of nitrogens with one attached hydrogen (secondary N) is 2. The number of hydrogen-bond acceptors (Lipinski definition) is 2. The summed E-state index contributed by atoms with van der Waals surface area (Å²) in [6, 6.07) is 4.53. The smallest absolute Gasteiger partial charge is 0.201 e. The lowest BCUT2D eigenvalue weighted by atomic mass is 10.2. The first-order valence-corrected chi connectivity index (χ1v) is 5.04. The second-order valence-corrected chi connectivity index (χ2v) is 4.02. The summed E-state index contributed by atoms with van der Waals surface area (Å²) in [4.78, 5) is 7.32. The van der Waals surface area contributed by atoms with Crippen molar-refractivity contribution in [1.29, 1.82) is 0 Å². The number of aromatic amines is 1. The van der Waals surface area contributed by atoms with Crippen LogP contribution in [0.5, 0.6) is 0 Å². The highest BCUT2D eigenvalue weighted by molar-refractivity contribution is 5.77. The highest BCUT2D eigenvalue weighted by Gasteiger charge is 2.03. The number of hydrogen-bond donors (Lipinski definition) is 2. The van der Waals surface area contributed by atoms with Gasteiger partial charge in [0.25, 0.3) is 0 Å². The van der Waals surface area contributed by atoms with E-state index in [1.165, 1.54) is 12.1 Å². The monoisotopic (exact) mass is 207 g/mol. The standard InChI is InChI=1S/C11H14FN3/c1-7(2)6-13-11-14-9-4-3-8(12)5-10(9)15-11/h3-5,7H,6H2,1-2H3,(H2,13,14,15). The Labute approximate surface area is 87.7 Å². The van der Waals surface area contributed by atoms with E-state index in [1.54, 1.807) is 6.07 Å². The summed E-state index contributed by atoms with van der Waals surface area (Å²) in [6.45, 7) is 5.09. The average molecular weight is 207 g/mol. The third kappa shape index (κ3) is 2.26. The number of aromatic nitrogens is 2. The topological polar surface area (TPSA) is 40.7 Å². The lowest BCUT2D eigenvalue weighted by molar-refractivity contribution is 0.629. The zero-order valence-electron chi connectivity index (χ0n) is 8.84. The molecule has 4 heteroatoms. The number of halogens is 1. The van der Waals surface area contributed by atoms with Crippen LogP contribution in [0.4, 0.5) is 10.3 Å². The summed E-state index contributed by atoms with van der Waals surface area (Å²) in [5.41, 5.74) is 1.50. The maximum atomic E-state index is 12.9. The number of anilines is 1. The molecule has 0 amide bonds. The van der Waals surface area contributed by atoms with Gasteiger partial charge in [-0.15, -0.1) is 0 Å². The minimum atomic E-state index is -0.249. The van der Waals surface area contributed by atoms with Crippen molar-refractivity contribution in [3.05, 3.63) is 24.0 Å². The summed E-state index contributed by atoms with van der Waals surface area (Å²) in [5, 5.41) is 3.16. The molecular weight excluding hydrogens is 193 g/mol. The maximum absolute atomic E-state index is 12.9. The Balaban J connectivity index is 2.23. The molecule has 2 N–H and O–H groups in total. The molecule has 15 heavy (non-hydrogen) atoms. The molecule has 0 aliphatic heterocycles. The van der Waals surface area contributed by atoms with E-state index < -0.39 is 0 Å². The predicted octanol–water partition coefficient (Wildman–Crippen LogP) is 2.77. The molecule has 0 atom stereocenters. The Morgan fingerprint density at radius 1 is 1.47 bits per heavy atom. The lowest BCUT2D eigenvalue weighted by Crippen LogP contribution is -2.08. The van der Waals surface area contributed by atoms with Crippen LogP contribution in [0.25, 0.3) is 11.0 Å². The van der Waals surface area contributed by atoms with Crippen molar-refractivity contribution < 1.29 is 4.39 Å². The number of rotatable bonds is 3. The van der Waals surface area contributed by atoms with Crippen LogP contribution in [0.15, 0.2) is 18.2 Å². The van der Waals surface area contributed by atoms with Crippen LogP contribution in [0.3, 0.4) is 0 Å². The molecule has 0 unspecified atom stereocenters. The van der Waals surface area contributed by atoms with Crippen molar-refractivity contribution in [1.82, 2.24) is 9.97 Å². The number of fused-ring (bicyclic) bond motifs is 1. The first-order valence-electron chi connectivity index (χ1n) is 5.04. The quantitative estimate of drug-likeness (QED) is 0.812. The Morgan fingerprint density at radius 2 is 2.27 bits per heavy atom. The summed E-state index contributed by atoms with van der Waals surface area (Å²) in [6.07, 6.45) is 0. The Kier molecular flexibility index (Phi) is 2.58. The van der Waals surface area contributed by atoms with Gasteiger partial charge >= 0.3 is 0 Å². The Morgan fingerprint density at radius 3 is 3.00 bits per heavy atom. The van der Waals surface area contributed by atoms with Gasteiger partial charge in [0.15, 0.2) is 0 Å². The fourth-order valence-corrected chi connectivity index (χ4v) is 1.37. The summed E-state index contributed by atoms with van der Waals surface area (Å²) < 4.78 is 12.9. The first-order chi connectivity index (χ1) is 7.15. The molecule has 0 saturated heterocycles. The fraction of sp³-hybridized carbons (Fsp3) is 0.364. The van der Waals surface area contributed by atoms with Gasteiger partial charge in [-0.05, 0) is 24.1 Å². The number of H-pyrrole nitrogens is 1. The Hall–Kier alpha value is -1.58. The highest BCUT2D eigenvalue weighted by Crippen LogP contribution is 2.15. The van der Waals surface area contributed by atoms with Crippen molar-refractivity contribution in [2.24, 2.45) is 5.92 Å². The van der Waals surface area contributed by atoms with Gasteiger partial charge in [-0.3, -0.25) is 0 Å². The van der Waals surface area contributed by atoms with Gasteiger partial charge in [0.1, 0.15) is 5.82 Å². The van der Waals surface area contributed by atoms with E-state index in [4.69, 9.17) is 0 Å². The molecule has 0 spiro atoms. The second-order valence-electron chi connectivity index (χ2n) is 4.02. The summed E-state index contributed by atoms with van der Waals surface area (Å²) in [7, 11) is 0. The van der Waals surface area contributed by atoms with Crippen LogP contribution in [0, 0.1) is 11.7 Å². The molecule has 3 nitrogen and oxygen atoms in total. The van der Waals surface area contributed by atoms with Crippen LogP contribution in [-0.4, -0.2) is 16.5 Å². The third-order valence-electron chi connectivity index (χ3n) is 2.12. The van der Waals surface area contributed by atoms with E-state index in [9.17, 15) is 4.39 Å². The van der Waals surface area contributed by atoms with E-state index in [1.807, 2.05) is 0 Å². The van der Waals surface area contributed by atoms with Crippen molar-refractivity contribution in [3.8, 4) is 0 Å². The van der Waals surface area contributed by atoms with Crippen molar-refractivity contribution in [2.75, 3.05) is 11.9 Å². The van der Waals surface area contributed by atoms with Crippen molar-refractivity contribution in [3.63, 3.8) is 0 Å². The van der Waals surface area contributed by atoms with Crippen LogP contribution >= 0.6 is 0 Å². The normalized spacial score (nSPS) is 11.2. The highest BCUT2D eigenvalue weighted by atomic mass is 19.1. The molecule has 0 bridgehead atoms. The molecular formula is C11H14FN3. The lowest BCUT2D eigenvalue weighted by Gasteiger charge is -2.04. The minimum Gasteiger partial charge on any atom is -0.356 e. The van der Waals surface area contributed by atoms with E-state index in [-0.39, 0.29) is 5.82 Å². The Bertz CT molecular complexity index is 462. The van der Waals surface area contributed by atoms with Gasteiger partial charge in [-0.2, -0.15) is 0 Å². The molecule has 1 heterocycles. The van der Waals surface area contributed by atoms with Gasteiger partial charge in [0, 0.05) is 6.54 Å². The first kappa shape index (κ1) is 9.96. The molecule has 0 saturated carbocycles. The molecule has 0 fully saturated rings. The average Bonchev–Trinajstić information content (AvgIpc) is 2.56. The zero-order valence-corrected chi connectivity index (χ0v) is 8.84. The van der Waals surface area contributed by atoms with E-state index in [0.717, 1.165) is 17.6 Å². The minimum absolute atomic E-state index is 0.249. The molecule has 0 aliphatic rings. The molecule has 1 aromatic carbocycles. The van der Waals surface area contributed by atoms with Crippen molar-refractivity contribution >= 4 is 17.0 Å². The number of nitrogens with zero attached hydrogens (tertiary/aromatic N) is 1. The predicted molar refractivity (Wildman–Crippen MR) is 59.4 cm³/mol. The molecule has 80 valence electrons. The van der Waals surface area contributed by atoms with Gasteiger partial charge in [-0.25, -0.2) is 9.37 Å². The summed E-state index contributed by atoms with van der Waals surface area (Å²) in [5.74, 6) is 1.00. The van der Waals surface area contributed by atoms with E-state index in [0.29, 0.717) is 11.9 Å². The SMILES string of the molecule is CC(C)CNc1nc2ccc(F)cc2[nH]1. The van der Waals surface area contributed by atoms with E-state index >= 15 is 0 Å². The van der Waals surface area contributed by atoms with Gasteiger partial charge in [0.05, 0.1) is 11.0 Å². The molecule has 2 rings (SSSR count). The largest absolute Gasteiger partial charge is 0.356 e. The van der Waals surface area contributed by atoms with Crippen LogP contribution in [0.1, 0.15) is 13.8 Å². The second kappa shape index (κ2) is 3.88. The van der Waals surface area contributed by atoms with E-state index in [2.05, 4.69) is 29.1 Å². The van der Waals surface area contributed by atoms with Crippen molar-refractivity contribution in [2.45, 2.75) is 13.8 Å². The number of imidazole rings is 1. The molecule has 0 aliphatic carbocycles. The van der Waals surface area contributed by atoms with Crippen LogP contribution in [0.2, 0.25) is 0 Å². The van der Waals surface area contributed by atoms with Crippen LogP contribution < -0.4 is 5.32 Å². The molecule has 0 radical (unpaired) electrons. The van der Waals surface area contributed by atoms with Gasteiger partial charge in [0.2, 0.25) is 5.95 Å². The van der Waals surface area contributed by atoms with Crippen LogP contribution in [-0.2, 0) is 0 Å². The molecule has 1 aromatic heterocycles. The fourth-order valence-electron chi connectivity index (χ4n) is 1.37. The summed E-state index contributed by atoms with van der Waals surface area (Å²) >= 11 is 0. The maximum Gasteiger partial charge on any atom is 0.201 e. The van der Waals surface area contributed by atoms with Gasteiger partial charge < -0.3 is 10.3 Å². The number of benzene rings is 1. The third-order valence-corrected chi connectivity index (χ3v) is 2.12. The van der Waals surface area contributed by atoms with Gasteiger partial charge in [-0.1, -0.05) is 13.8 Å². The molecule has 2 aromatic rings.